The fraction of sp³-hybridized carbons (Fsp3) is 0.286. The number of hydrogen-bond donors (Lipinski definition) is 0. The Labute approximate surface area is 112 Å². The molecule has 3 nitrogen and oxygen atoms in total. The van der Waals surface area contributed by atoms with Gasteiger partial charge < -0.3 is 4.90 Å². The highest BCUT2D eigenvalue weighted by Crippen LogP contribution is 2.28. The number of rotatable bonds is 3. The van der Waals surface area contributed by atoms with E-state index in [0.717, 1.165) is 29.7 Å². The van der Waals surface area contributed by atoms with Crippen LogP contribution in [0.15, 0.2) is 24.4 Å². The SMILES string of the molecule is CCN(CC)c1ccc2ncc(C#N)c(Cl)c2c1. The van der Waals surface area contributed by atoms with Crippen LogP contribution in [-0.4, -0.2) is 18.1 Å². The largest absolute Gasteiger partial charge is 0.372 e. The van der Waals surface area contributed by atoms with Gasteiger partial charge in [-0.2, -0.15) is 5.26 Å². The molecule has 2 rings (SSSR count). The lowest BCUT2D eigenvalue weighted by Gasteiger charge is -2.21. The van der Waals surface area contributed by atoms with Gasteiger partial charge in [0.05, 0.1) is 16.1 Å². The van der Waals surface area contributed by atoms with Crippen molar-refractivity contribution >= 4 is 28.2 Å². The van der Waals surface area contributed by atoms with E-state index in [2.05, 4.69) is 29.8 Å². The van der Waals surface area contributed by atoms with Gasteiger partial charge in [-0.05, 0) is 32.0 Å². The normalized spacial score (nSPS) is 10.3. The van der Waals surface area contributed by atoms with Crippen LogP contribution in [0.25, 0.3) is 10.9 Å². The van der Waals surface area contributed by atoms with Gasteiger partial charge >= 0.3 is 0 Å². The quantitative estimate of drug-likeness (QED) is 0.845. The molecule has 0 aliphatic heterocycles. The molecule has 0 saturated heterocycles. The molecule has 0 aliphatic rings. The minimum absolute atomic E-state index is 0.417. The van der Waals surface area contributed by atoms with Crippen LogP contribution in [0.5, 0.6) is 0 Å². The van der Waals surface area contributed by atoms with Gasteiger partial charge in [0, 0.05) is 30.4 Å². The molecular weight excluding hydrogens is 246 g/mol. The van der Waals surface area contributed by atoms with Crippen molar-refractivity contribution in [2.24, 2.45) is 0 Å². The van der Waals surface area contributed by atoms with Gasteiger partial charge in [0.25, 0.3) is 0 Å². The molecule has 92 valence electrons. The Balaban J connectivity index is 2.63. The van der Waals surface area contributed by atoms with Gasteiger partial charge in [0.2, 0.25) is 0 Å². The molecule has 0 unspecified atom stereocenters. The summed E-state index contributed by atoms with van der Waals surface area (Å²) in [4.78, 5) is 6.47. The highest BCUT2D eigenvalue weighted by molar-refractivity contribution is 6.36. The van der Waals surface area contributed by atoms with Crippen LogP contribution < -0.4 is 4.90 Å². The average Bonchev–Trinajstić information content (AvgIpc) is 2.41. The zero-order chi connectivity index (χ0) is 13.1. The molecule has 0 atom stereocenters. The van der Waals surface area contributed by atoms with Gasteiger partial charge in [0.1, 0.15) is 6.07 Å². The Hall–Kier alpha value is -1.79. The van der Waals surface area contributed by atoms with E-state index < -0.39 is 0 Å². The van der Waals surface area contributed by atoms with Crippen molar-refractivity contribution < 1.29 is 0 Å². The molecule has 0 saturated carbocycles. The molecule has 2 aromatic rings. The zero-order valence-electron chi connectivity index (χ0n) is 10.4. The van der Waals surface area contributed by atoms with Crippen molar-refractivity contribution in [1.82, 2.24) is 4.98 Å². The summed E-state index contributed by atoms with van der Waals surface area (Å²) in [6.07, 6.45) is 1.52. The first kappa shape index (κ1) is 12.7. The van der Waals surface area contributed by atoms with Crippen molar-refractivity contribution in [3.8, 4) is 6.07 Å². The van der Waals surface area contributed by atoms with Crippen LogP contribution in [0.1, 0.15) is 19.4 Å². The Morgan fingerprint density at radius 3 is 2.67 bits per heavy atom. The molecule has 0 N–H and O–H groups in total. The Morgan fingerprint density at radius 2 is 2.06 bits per heavy atom. The molecule has 0 aliphatic carbocycles. The van der Waals surface area contributed by atoms with Crippen LogP contribution in [0.4, 0.5) is 5.69 Å². The lowest BCUT2D eigenvalue weighted by molar-refractivity contribution is 0.867. The Morgan fingerprint density at radius 1 is 1.33 bits per heavy atom. The predicted molar refractivity (Wildman–Crippen MR) is 75.0 cm³/mol. The van der Waals surface area contributed by atoms with Crippen molar-refractivity contribution in [3.05, 3.63) is 35.0 Å². The lowest BCUT2D eigenvalue weighted by atomic mass is 10.1. The standard InChI is InChI=1S/C14H14ClN3/c1-3-18(4-2)11-5-6-13-12(7-11)14(15)10(8-16)9-17-13/h5-7,9H,3-4H2,1-2H3. The number of nitriles is 1. The maximum atomic E-state index is 8.96. The average molecular weight is 260 g/mol. The van der Waals surface area contributed by atoms with Crippen LogP contribution in [0.2, 0.25) is 5.02 Å². The van der Waals surface area contributed by atoms with Gasteiger partial charge in [-0.3, -0.25) is 4.98 Å². The predicted octanol–water partition coefficient (Wildman–Crippen LogP) is 3.61. The van der Waals surface area contributed by atoms with E-state index in [4.69, 9.17) is 16.9 Å². The second-order valence-corrected chi connectivity index (χ2v) is 4.35. The molecule has 18 heavy (non-hydrogen) atoms. The first-order valence-corrected chi connectivity index (χ1v) is 6.32. The summed E-state index contributed by atoms with van der Waals surface area (Å²) in [6.45, 7) is 6.09. The fourth-order valence-corrected chi connectivity index (χ4v) is 2.25. The lowest BCUT2D eigenvalue weighted by Crippen LogP contribution is -2.21. The number of fused-ring (bicyclic) bond motifs is 1. The Bertz CT molecular complexity index is 612. The number of aromatic nitrogens is 1. The molecule has 0 radical (unpaired) electrons. The first-order chi connectivity index (χ1) is 8.71. The third kappa shape index (κ3) is 2.12. The van der Waals surface area contributed by atoms with Crippen LogP contribution in [0, 0.1) is 11.3 Å². The first-order valence-electron chi connectivity index (χ1n) is 5.94. The van der Waals surface area contributed by atoms with Crippen molar-refractivity contribution in [1.29, 1.82) is 5.26 Å². The van der Waals surface area contributed by atoms with Gasteiger partial charge in [-0.1, -0.05) is 11.6 Å². The van der Waals surface area contributed by atoms with E-state index in [1.165, 1.54) is 6.20 Å². The van der Waals surface area contributed by atoms with E-state index in [1.807, 2.05) is 18.2 Å². The fourth-order valence-electron chi connectivity index (χ4n) is 2.01. The van der Waals surface area contributed by atoms with Gasteiger partial charge in [0.15, 0.2) is 0 Å². The van der Waals surface area contributed by atoms with E-state index in [0.29, 0.717) is 10.6 Å². The zero-order valence-corrected chi connectivity index (χ0v) is 11.2. The van der Waals surface area contributed by atoms with Crippen molar-refractivity contribution in [2.45, 2.75) is 13.8 Å². The molecule has 1 aromatic heterocycles. The van der Waals surface area contributed by atoms with Crippen LogP contribution >= 0.6 is 11.6 Å². The van der Waals surface area contributed by atoms with Crippen molar-refractivity contribution in [2.75, 3.05) is 18.0 Å². The molecule has 0 spiro atoms. The van der Waals surface area contributed by atoms with Gasteiger partial charge in [-0.15, -0.1) is 0 Å². The van der Waals surface area contributed by atoms with Gasteiger partial charge in [-0.25, -0.2) is 0 Å². The number of pyridine rings is 1. The van der Waals surface area contributed by atoms with Crippen LogP contribution in [-0.2, 0) is 0 Å². The van der Waals surface area contributed by atoms with E-state index >= 15 is 0 Å². The second-order valence-electron chi connectivity index (χ2n) is 3.97. The minimum Gasteiger partial charge on any atom is -0.372 e. The van der Waals surface area contributed by atoms with Crippen molar-refractivity contribution in [3.63, 3.8) is 0 Å². The van der Waals surface area contributed by atoms with E-state index in [9.17, 15) is 0 Å². The highest BCUT2D eigenvalue weighted by atomic mass is 35.5. The highest BCUT2D eigenvalue weighted by Gasteiger charge is 2.09. The summed E-state index contributed by atoms with van der Waals surface area (Å²) in [7, 11) is 0. The van der Waals surface area contributed by atoms with Crippen LogP contribution in [0.3, 0.4) is 0 Å². The second kappa shape index (κ2) is 5.24. The topological polar surface area (TPSA) is 39.9 Å². The number of anilines is 1. The molecule has 0 bridgehead atoms. The molecule has 0 amide bonds. The molecule has 4 heteroatoms. The van der Waals surface area contributed by atoms with E-state index in [1.54, 1.807) is 0 Å². The molecule has 0 fully saturated rings. The summed E-state index contributed by atoms with van der Waals surface area (Å²) >= 11 is 6.22. The summed E-state index contributed by atoms with van der Waals surface area (Å²) in [5.41, 5.74) is 2.34. The van der Waals surface area contributed by atoms with E-state index in [-0.39, 0.29) is 0 Å². The molecular formula is C14H14ClN3. The minimum atomic E-state index is 0.417. The number of halogens is 1. The number of benzene rings is 1. The number of nitrogens with zero attached hydrogens (tertiary/aromatic N) is 3. The maximum absolute atomic E-state index is 8.96. The smallest absolute Gasteiger partial charge is 0.102 e. The molecule has 1 aromatic carbocycles. The maximum Gasteiger partial charge on any atom is 0.102 e. The molecule has 1 heterocycles. The monoisotopic (exact) mass is 259 g/mol. The third-order valence-electron chi connectivity index (χ3n) is 3.03. The summed E-state index contributed by atoms with van der Waals surface area (Å²) in [5.74, 6) is 0. The number of hydrogen-bond acceptors (Lipinski definition) is 3. The summed E-state index contributed by atoms with van der Waals surface area (Å²) in [5, 5.41) is 10.3. The Kier molecular flexibility index (Phi) is 3.69. The summed E-state index contributed by atoms with van der Waals surface area (Å²) < 4.78 is 0. The third-order valence-corrected chi connectivity index (χ3v) is 3.44. The summed E-state index contributed by atoms with van der Waals surface area (Å²) in [6, 6.07) is 8.03.